The Hall–Kier alpha value is -2.76. The zero-order valence-corrected chi connectivity index (χ0v) is 17.6. The highest BCUT2D eigenvalue weighted by molar-refractivity contribution is 5.80. The third-order valence-electron chi connectivity index (χ3n) is 5.01. The Bertz CT molecular complexity index is 888. The van der Waals surface area contributed by atoms with Gasteiger partial charge < -0.3 is 19.9 Å². The van der Waals surface area contributed by atoms with Gasteiger partial charge in [0.25, 0.3) is 0 Å². The number of pyridine rings is 1. The predicted octanol–water partition coefficient (Wildman–Crippen LogP) is 3.49. The van der Waals surface area contributed by atoms with Crippen molar-refractivity contribution in [3.63, 3.8) is 0 Å². The molecule has 6 nitrogen and oxygen atoms in total. The van der Waals surface area contributed by atoms with Gasteiger partial charge in [-0.3, -0.25) is 9.79 Å². The highest BCUT2D eigenvalue weighted by Crippen LogP contribution is 2.39. The van der Waals surface area contributed by atoms with Gasteiger partial charge in [-0.05, 0) is 45.7 Å². The summed E-state index contributed by atoms with van der Waals surface area (Å²) in [5.41, 5.74) is 0.986. The van der Waals surface area contributed by atoms with E-state index in [2.05, 4.69) is 37.5 Å². The van der Waals surface area contributed by atoms with Crippen LogP contribution in [0.3, 0.4) is 0 Å². The first kappa shape index (κ1) is 21.0. The maximum atomic E-state index is 11.8. The Morgan fingerprint density at radius 2 is 2.00 bits per heavy atom. The van der Waals surface area contributed by atoms with Crippen molar-refractivity contribution in [1.29, 1.82) is 0 Å². The Labute approximate surface area is 173 Å². The van der Waals surface area contributed by atoms with Gasteiger partial charge in [0.05, 0.1) is 6.04 Å². The number of nitrogens with one attached hydrogen (secondary N) is 2. The van der Waals surface area contributed by atoms with E-state index in [4.69, 9.17) is 9.73 Å². The number of benzene rings is 1. The number of hydrogen-bond acceptors (Lipinski definition) is 3. The lowest BCUT2D eigenvalue weighted by molar-refractivity contribution is 0.0694. The van der Waals surface area contributed by atoms with E-state index in [1.54, 1.807) is 16.7 Å². The first-order valence-corrected chi connectivity index (χ1v) is 10.5. The van der Waals surface area contributed by atoms with Crippen molar-refractivity contribution >= 4 is 5.96 Å². The van der Waals surface area contributed by atoms with Crippen LogP contribution in [0.15, 0.2) is 58.4 Å². The van der Waals surface area contributed by atoms with Crippen molar-refractivity contribution < 1.29 is 4.74 Å². The number of nitrogens with zero attached hydrogens (tertiary/aromatic N) is 2. The summed E-state index contributed by atoms with van der Waals surface area (Å²) >= 11 is 0. The van der Waals surface area contributed by atoms with E-state index in [-0.39, 0.29) is 17.2 Å². The van der Waals surface area contributed by atoms with Crippen molar-refractivity contribution in [3.8, 4) is 5.75 Å². The molecule has 2 heterocycles. The van der Waals surface area contributed by atoms with Crippen LogP contribution >= 0.6 is 0 Å². The minimum Gasteiger partial charge on any atom is -0.487 e. The number of hydrogen-bond donors (Lipinski definition) is 2. The van der Waals surface area contributed by atoms with Crippen LogP contribution in [0.2, 0.25) is 0 Å². The largest absolute Gasteiger partial charge is 0.487 e. The monoisotopic (exact) mass is 396 g/mol. The van der Waals surface area contributed by atoms with E-state index in [1.807, 2.05) is 30.5 Å². The second kappa shape index (κ2) is 9.63. The van der Waals surface area contributed by atoms with Crippen molar-refractivity contribution in [1.82, 2.24) is 15.2 Å². The van der Waals surface area contributed by atoms with Crippen LogP contribution in [0.25, 0.3) is 0 Å². The summed E-state index contributed by atoms with van der Waals surface area (Å²) in [4.78, 5) is 16.5. The molecule has 0 fully saturated rings. The lowest BCUT2D eigenvalue weighted by Gasteiger charge is -2.38. The number of rotatable bonds is 7. The van der Waals surface area contributed by atoms with Gasteiger partial charge >= 0.3 is 0 Å². The van der Waals surface area contributed by atoms with Gasteiger partial charge in [-0.1, -0.05) is 24.3 Å². The second-order valence-electron chi connectivity index (χ2n) is 8.00. The van der Waals surface area contributed by atoms with Crippen LogP contribution in [0, 0.1) is 0 Å². The zero-order valence-electron chi connectivity index (χ0n) is 17.6. The SMILES string of the molecule is CCNC(=NCCCCn1ccccc1=O)NC1CC(C)(C)Oc2ccccc21. The van der Waals surface area contributed by atoms with E-state index in [9.17, 15) is 4.79 Å². The maximum absolute atomic E-state index is 11.8. The number of para-hydroxylation sites is 1. The fraction of sp³-hybridized carbons (Fsp3) is 0.478. The average molecular weight is 397 g/mol. The van der Waals surface area contributed by atoms with Gasteiger partial charge in [-0.25, -0.2) is 0 Å². The topological polar surface area (TPSA) is 67.7 Å². The van der Waals surface area contributed by atoms with E-state index in [0.29, 0.717) is 6.54 Å². The molecular formula is C23H32N4O2. The maximum Gasteiger partial charge on any atom is 0.250 e. The minimum absolute atomic E-state index is 0.0480. The average Bonchev–Trinajstić information content (AvgIpc) is 2.68. The van der Waals surface area contributed by atoms with E-state index < -0.39 is 0 Å². The summed E-state index contributed by atoms with van der Waals surface area (Å²) in [7, 11) is 0. The molecule has 3 rings (SSSR count). The summed E-state index contributed by atoms with van der Waals surface area (Å²) in [6, 6.07) is 13.6. The normalized spacial score (nSPS) is 17.9. The molecule has 0 saturated heterocycles. The van der Waals surface area contributed by atoms with Gasteiger partial charge in [0, 0.05) is 43.9 Å². The summed E-state index contributed by atoms with van der Waals surface area (Å²) in [5.74, 6) is 1.76. The molecule has 0 bridgehead atoms. The van der Waals surface area contributed by atoms with Crippen LogP contribution in [0.5, 0.6) is 5.75 Å². The predicted molar refractivity (Wildman–Crippen MR) is 118 cm³/mol. The molecule has 0 aliphatic carbocycles. The van der Waals surface area contributed by atoms with Gasteiger partial charge in [-0.15, -0.1) is 0 Å². The van der Waals surface area contributed by atoms with Gasteiger partial charge in [0.2, 0.25) is 5.56 Å². The standard InChI is InChI=1S/C23H32N4O2/c1-4-24-22(25-14-8-10-16-27-15-9-7-13-21(27)28)26-19-17-23(2,3)29-20-12-6-5-11-18(19)20/h5-7,9,11-13,15,19H,4,8,10,14,16-17H2,1-3H3,(H2,24,25,26). The quantitative estimate of drug-likeness (QED) is 0.427. The molecule has 0 radical (unpaired) electrons. The molecular weight excluding hydrogens is 364 g/mol. The molecule has 2 aromatic rings. The highest BCUT2D eigenvalue weighted by Gasteiger charge is 2.33. The fourth-order valence-corrected chi connectivity index (χ4v) is 3.65. The molecule has 1 aliphatic heterocycles. The Balaban J connectivity index is 1.59. The highest BCUT2D eigenvalue weighted by atomic mass is 16.5. The fourth-order valence-electron chi connectivity index (χ4n) is 3.65. The van der Waals surface area contributed by atoms with Crippen LogP contribution < -0.4 is 20.9 Å². The molecule has 1 aliphatic rings. The molecule has 1 atom stereocenters. The molecule has 29 heavy (non-hydrogen) atoms. The first-order chi connectivity index (χ1) is 14.0. The minimum atomic E-state index is -0.230. The molecule has 1 aromatic heterocycles. The summed E-state index contributed by atoms with van der Waals surface area (Å²) in [6.07, 6.45) is 4.54. The Morgan fingerprint density at radius 3 is 2.79 bits per heavy atom. The number of aliphatic imine (C=N–C) groups is 1. The van der Waals surface area contributed by atoms with Crippen molar-refractivity contribution in [2.75, 3.05) is 13.1 Å². The van der Waals surface area contributed by atoms with Gasteiger partial charge in [0.15, 0.2) is 5.96 Å². The number of fused-ring (bicyclic) bond motifs is 1. The lowest BCUT2D eigenvalue weighted by Crippen LogP contribution is -2.45. The molecule has 0 spiro atoms. The third kappa shape index (κ3) is 5.86. The number of ether oxygens (including phenoxy) is 1. The van der Waals surface area contributed by atoms with E-state index >= 15 is 0 Å². The number of aromatic nitrogens is 1. The van der Waals surface area contributed by atoms with Gasteiger partial charge in [-0.2, -0.15) is 0 Å². The smallest absolute Gasteiger partial charge is 0.250 e. The summed E-state index contributed by atoms with van der Waals surface area (Å²) in [5, 5.41) is 6.94. The van der Waals surface area contributed by atoms with Crippen LogP contribution in [-0.4, -0.2) is 29.2 Å². The first-order valence-electron chi connectivity index (χ1n) is 10.5. The van der Waals surface area contributed by atoms with Crippen LogP contribution in [0.4, 0.5) is 0 Å². The Morgan fingerprint density at radius 1 is 1.21 bits per heavy atom. The molecule has 2 N–H and O–H groups in total. The van der Waals surface area contributed by atoms with E-state index in [1.165, 1.54) is 5.56 Å². The van der Waals surface area contributed by atoms with E-state index in [0.717, 1.165) is 44.1 Å². The zero-order chi connectivity index (χ0) is 20.7. The van der Waals surface area contributed by atoms with Crippen LogP contribution in [0.1, 0.15) is 51.6 Å². The summed E-state index contributed by atoms with van der Waals surface area (Å²) < 4.78 is 7.87. The molecule has 1 unspecified atom stereocenters. The summed E-state index contributed by atoms with van der Waals surface area (Å²) in [6.45, 7) is 8.55. The second-order valence-corrected chi connectivity index (χ2v) is 8.00. The van der Waals surface area contributed by atoms with Crippen LogP contribution in [-0.2, 0) is 6.54 Å². The molecule has 6 heteroatoms. The number of unbranched alkanes of at least 4 members (excludes halogenated alkanes) is 1. The molecule has 0 saturated carbocycles. The van der Waals surface area contributed by atoms with Crippen molar-refractivity contribution in [2.24, 2.45) is 4.99 Å². The van der Waals surface area contributed by atoms with Crippen molar-refractivity contribution in [3.05, 3.63) is 64.6 Å². The Kier molecular flexibility index (Phi) is 6.96. The number of guanidine groups is 1. The molecule has 1 aromatic carbocycles. The molecule has 156 valence electrons. The number of aryl methyl sites for hydroxylation is 1. The molecule has 0 amide bonds. The third-order valence-corrected chi connectivity index (χ3v) is 5.01. The van der Waals surface area contributed by atoms with Crippen molar-refractivity contribution in [2.45, 2.75) is 58.2 Å². The van der Waals surface area contributed by atoms with Gasteiger partial charge in [0.1, 0.15) is 11.4 Å². The lowest BCUT2D eigenvalue weighted by atomic mass is 9.90.